The SMILES string of the molecule is CCC(C)C[C@H]1C(=O)N[C@@H]([C@@H](C)O)C(=O)N(C)[C@@H](Cc2ccccc2)C(=O)N(C)[C@@H](CC(C)C)C(=O)N[C@@H](COC(C)(C)C)C(=O)N(C)[C@@H]([C@@H](C)CC)C(=O)N[C@H](C(=O)N2CCCCC2)CC(=O)N(C)C[C@H](C)C(=O)N(C)[C@@H](C)C(=O)N(C)CC(=O)N1C. The summed E-state index contributed by atoms with van der Waals surface area (Å²) in [5.41, 5.74) is -0.203. The molecule has 496 valence electrons. The van der Waals surface area contributed by atoms with Gasteiger partial charge in [0.1, 0.15) is 48.3 Å². The number of aliphatic hydroxyl groups excluding tert-OH is 1. The Morgan fingerprint density at radius 1 is 0.625 bits per heavy atom. The van der Waals surface area contributed by atoms with Crippen LogP contribution in [0.2, 0.25) is 0 Å². The highest BCUT2D eigenvalue weighted by Gasteiger charge is 2.44. The number of likely N-dealkylation sites (N-methyl/N-ethyl adjacent to an activating group) is 6. The van der Waals surface area contributed by atoms with Crippen molar-refractivity contribution in [2.75, 3.05) is 82.1 Å². The van der Waals surface area contributed by atoms with Crippen molar-refractivity contribution in [3.63, 3.8) is 0 Å². The molecule has 24 heteroatoms. The van der Waals surface area contributed by atoms with Gasteiger partial charge in [-0.15, -0.1) is 0 Å². The summed E-state index contributed by atoms with van der Waals surface area (Å²) in [6.07, 6.45) is 1.37. The highest BCUT2D eigenvalue weighted by atomic mass is 16.5. The first-order valence-electron chi connectivity index (χ1n) is 31.4. The minimum Gasteiger partial charge on any atom is -0.391 e. The Labute approximate surface area is 523 Å². The summed E-state index contributed by atoms with van der Waals surface area (Å²) in [6, 6.07) is -1.89. The third kappa shape index (κ3) is 21.2. The molecule has 0 aromatic heterocycles. The van der Waals surface area contributed by atoms with E-state index in [4.69, 9.17) is 4.74 Å². The van der Waals surface area contributed by atoms with E-state index >= 15 is 14.4 Å². The summed E-state index contributed by atoms with van der Waals surface area (Å²) in [4.78, 5) is 171. The lowest BCUT2D eigenvalue weighted by Crippen LogP contribution is -2.63. The van der Waals surface area contributed by atoms with Crippen LogP contribution in [0.1, 0.15) is 140 Å². The average molecular weight is 1240 g/mol. The molecule has 2 saturated heterocycles. The minimum absolute atomic E-state index is 0.0737. The van der Waals surface area contributed by atoms with Crippen molar-refractivity contribution in [1.82, 2.24) is 55.1 Å². The molecule has 2 aliphatic rings. The van der Waals surface area contributed by atoms with Gasteiger partial charge in [0.15, 0.2) is 0 Å². The number of carbonyl (C=O) groups is 11. The lowest BCUT2D eigenvalue weighted by molar-refractivity contribution is -0.152. The largest absolute Gasteiger partial charge is 0.391 e. The number of aliphatic hydroxyl groups is 1. The molecule has 1 aromatic carbocycles. The van der Waals surface area contributed by atoms with Gasteiger partial charge in [-0.25, -0.2) is 0 Å². The monoisotopic (exact) mass is 1240 g/mol. The van der Waals surface area contributed by atoms with Crippen molar-refractivity contribution in [1.29, 1.82) is 0 Å². The zero-order valence-electron chi connectivity index (χ0n) is 56.2. The summed E-state index contributed by atoms with van der Waals surface area (Å²) < 4.78 is 6.18. The standard InChI is InChI=1S/C64H107N11O13/c1-20-40(5)33-49-56(80)67-53(44(9)76)63(87)73(18)50(34-45-28-24-22-25-29-45)62(86)72(17)48(32-39(3)4)55(79)66-47(38-88-64(10,11)12)60(84)74(19)54(41(6)21-2)57(81)65-46(61(85)75-30-26-23-27-31-75)35-51(77)68(13)36-42(7)58(82)70(15)43(8)59(83)69(14)37-52(78)71(49)16/h22,24-25,28-29,39-44,46-50,53-54,76H,20-21,23,26-27,30-38H2,1-19H3,(H,65,81)(H,66,79)(H,67,80)/t40?,41-,42-,43-,44+,46-,47-,48-,49-,50-,53-,54-/m0/s1. The first-order valence-corrected chi connectivity index (χ1v) is 31.4. The van der Waals surface area contributed by atoms with E-state index in [9.17, 15) is 43.5 Å². The summed E-state index contributed by atoms with van der Waals surface area (Å²) in [5.74, 6) is -9.20. The van der Waals surface area contributed by atoms with Gasteiger partial charge in [0.2, 0.25) is 65.0 Å². The fourth-order valence-corrected chi connectivity index (χ4v) is 11.0. The van der Waals surface area contributed by atoms with Gasteiger partial charge < -0.3 is 65.0 Å². The molecule has 1 aromatic rings. The van der Waals surface area contributed by atoms with Crippen molar-refractivity contribution in [2.45, 2.75) is 201 Å². The molecule has 4 N–H and O–H groups in total. The fraction of sp³-hybridized carbons (Fsp3) is 0.734. The van der Waals surface area contributed by atoms with E-state index in [0.29, 0.717) is 44.3 Å². The predicted molar refractivity (Wildman–Crippen MR) is 334 cm³/mol. The Hall–Kier alpha value is -6.69. The lowest BCUT2D eigenvalue weighted by atomic mass is 9.95. The maximum absolute atomic E-state index is 15.3. The number of likely N-dealkylation sites (tertiary alicyclic amines) is 1. The Morgan fingerprint density at radius 3 is 1.74 bits per heavy atom. The van der Waals surface area contributed by atoms with Crippen molar-refractivity contribution >= 4 is 65.0 Å². The zero-order valence-corrected chi connectivity index (χ0v) is 56.2. The molecule has 12 atom stereocenters. The maximum Gasteiger partial charge on any atom is 0.248 e. The normalized spacial score (nSPS) is 26.6. The molecule has 2 heterocycles. The number of piperidine rings is 1. The summed E-state index contributed by atoms with van der Waals surface area (Å²) in [6.45, 7) is 20.5. The van der Waals surface area contributed by atoms with Crippen LogP contribution >= 0.6 is 0 Å². The van der Waals surface area contributed by atoms with E-state index in [1.165, 1.54) is 87.7 Å². The number of amides is 11. The summed E-state index contributed by atoms with van der Waals surface area (Å²) in [7, 11) is 9.87. The van der Waals surface area contributed by atoms with E-state index < -0.39 is 150 Å². The predicted octanol–water partition coefficient (Wildman–Crippen LogP) is 2.53. The van der Waals surface area contributed by atoms with Crippen LogP contribution < -0.4 is 16.0 Å². The molecule has 88 heavy (non-hydrogen) atoms. The molecular weight excluding hydrogens is 1130 g/mol. The molecule has 0 saturated carbocycles. The van der Waals surface area contributed by atoms with Gasteiger partial charge in [0.05, 0.1) is 37.2 Å². The fourth-order valence-electron chi connectivity index (χ4n) is 11.0. The molecule has 0 radical (unpaired) electrons. The number of hydrogen-bond donors (Lipinski definition) is 4. The second-order valence-electron chi connectivity index (χ2n) is 26.2. The molecule has 24 nitrogen and oxygen atoms in total. The van der Waals surface area contributed by atoms with Crippen LogP contribution in [-0.4, -0.2) is 251 Å². The van der Waals surface area contributed by atoms with Crippen molar-refractivity contribution in [3.05, 3.63) is 35.9 Å². The first-order chi connectivity index (χ1) is 41.0. The molecule has 3 rings (SSSR count). The number of nitrogens with zero attached hydrogens (tertiary/aromatic N) is 8. The van der Waals surface area contributed by atoms with Crippen LogP contribution in [0.5, 0.6) is 0 Å². The van der Waals surface area contributed by atoms with Gasteiger partial charge >= 0.3 is 0 Å². The number of rotatable bonds is 13. The van der Waals surface area contributed by atoms with Crippen molar-refractivity contribution < 1.29 is 62.6 Å². The number of ether oxygens (including phenoxy) is 1. The van der Waals surface area contributed by atoms with Gasteiger partial charge in [-0.3, -0.25) is 52.7 Å². The van der Waals surface area contributed by atoms with Gasteiger partial charge in [0, 0.05) is 75.4 Å². The van der Waals surface area contributed by atoms with E-state index in [0.717, 1.165) is 16.2 Å². The topological polar surface area (TPSA) is 279 Å². The highest BCUT2D eigenvalue weighted by molar-refractivity contribution is 5.99. The molecular formula is C64H107N11O13. The third-order valence-electron chi connectivity index (χ3n) is 17.3. The number of benzene rings is 1. The highest BCUT2D eigenvalue weighted by Crippen LogP contribution is 2.23. The van der Waals surface area contributed by atoms with Gasteiger partial charge in [-0.05, 0) is 90.0 Å². The van der Waals surface area contributed by atoms with Crippen LogP contribution in [0.4, 0.5) is 0 Å². The Morgan fingerprint density at radius 2 is 1.19 bits per heavy atom. The van der Waals surface area contributed by atoms with Gasteiger partial charge in [-0.1, -0.05) is 91.6 Å². The van der Waals surface area contributed by atoms with Gasteiger partial charge in [0.25, 0.3) is 0 Å². The second-order valence-corrected chi connectivity index (χ2v) is 26.2. The molecule has 11 amide bonds. The number of nitrogens with one attached hydrogen (secondary N) is 3. The van der Waals surface area contributed by atoms with E-state index in [-0.39, 0.29) is 44.2 Å². The van der Waals surface area contributed by atoms with E-state index in [1.807, 2.05) is 34.6 Å². The van der Waals surface area contributed by atoms with Crippen LogP contribution in [-0.2, 0) is 63.9 Å². The summed E-state index contributed by atoms with van der Waals surface area (Å²) >= 11 is 0. The third-order valence-corrected chi connectivity index (χ3v) is 17.3. The minimum atomic E-state index is -1.66. The number of carbonyl (C=O) groups excluding carboxylic acids is 11. The summed E-state index contributed by atoms with van der Waals surface area (Å²) in [5, 5.41) is 19.7. The first kappa shape index (κ1) is 75.6. The Kier molecular flexibility index (Phi) is 29.5. The van der Waals surface area contributed by atoms with Crippen molar-refractivity contribution in [2.24, 2.45) is 23.7 Å². The zero-order chi connectivity index (χ0) is 66.8. The molecule has 2 aliphatic heterocycles. The van der Waals surface area contributed by atoms with E-state index in [1.54, 1.807) is 69.9 Å². The van der Waals surface area contributed by atoms with Crippen LogP contribution in [0.3, 0.4) is 0 Å². The quantitative estimate of drug-likeness (QED) is 0.221. The molecule has 1 unspecified atom stereocenters. The van der Waals surface area contributed by atoms with Crippen molar-refractivity contribution in [3.8, 4) is 0 Å². The lowest BCUT2D eigenvalue weighted by Gasteiger charge is -2.38. The number of hydrogen-bond acceptors (Lipinski definition) is 13. The average Bonchev–Trinajstić information content (AvgIpc) is 1.25. The Bertz CT molecular complexity index is 2560. The van der Waals surface area contributed by atoms with Crippen LogP contribution in [0.15, 0.2) is 30.3 Å². The molecule has 0 bridgehead atoms. The van der Waals surface area contributed by atoms with Crippen LogP contribution in [0.25, 0.3) is 0 Å². The Balaban J connectivity index is 2.33. The second kappa shape index (κ2) is 34.3. The molecule has 2 fully saturated rings. The molecule has 0 aliphatic carbocycles. The van der Waals surface area contributed by atoms with E-state index in [2.05, 4.69) is 16.0 Å². The van der Waals surface area contributed by atoms with Crippen LogP contribution in [0, 0.1) is 23.7 Å². The molecule has 0 spiro atoms. The van der Waals surface area contributed by atoms with Gasteiger partial charge in [-0.2, -0.15) is 0 Å². The smallest absolute Gasteiger partial charge is 0.248 e. The maximum atomic E-state index is 15.3.